The normalized spacial score (nSPS) is 12.0. The molecule has 5 aromatic rings. The molecule has 1 heterocycles. The number of methoxy groups -OCH3 is 1. The molecule has 0 radical (unpaired) electrons. The summed E-state index contributed by atoms with van der Waals surface area (Å²) in [5.74, 6) is 0.189. The Labute approximate surface area is 272 Å². The highest BCUT2D eigenvalue weighted by atomic mass is 35.5. The number of halogens is 5. The SMILES string of the molecule is COC(=O)c1ccc(Cn2cc(-c3ccc(Cl)cc3Cl)nc2C=Cc2ccc(-c3cccc(NS(=O)(=O)C(F)(F)F)c3)cc2)cc1. The molecule has 0 atom stereocenters. The molecule has 46 heavy (non-hydrogen) atoms. The van der Waals surface area contributed by atoms with Crippen molar-refractivity contribution in [2.45, 2.75) is 12.1 Å². The minimum absolute atomic E-state index is 0.206. The van der Waals surface area contributed by atoms with E-state index in [4.69, 9.17) is 32.9 Å². The van der Waals surface area contributed by atoms with Crippen LogP contribution in [-0.2, 0) is 21.3 Å². The van der Waals surface area contributed by atoms with Gasteiger partial charge in [-0.1, -0.05) is 77.8 Å². The van der Waals surface area contributed by atoms with Crippen molar-refractivity contribution in [3.63, 3.8) is 0 Å². The van der Waals surface area contributed by atoms with Crippen LogP contribution < -0.4 is 4.72 Å². The lowest BCUT2D eigenvalue weighted by Crippen LogP contribution is -2.29. The van der Waals surface area contributed by atoms with Crippen LogP contribution in [0.25, 0.3) is 34.5 Å². The van der Waals surface area contributed by atoms with E-state index in [-0.39, 0.29) is 5.69 Å². The van der Waals surface area contributed by atoms with Gasteiger partial charge in [0.2, 0.25) is 0 Å². The van der Waals surface area contributed by atoms with Gasteiger partial charge in [-0.05, 0) is 70.8 Å². The highest BCUT2D eigenvalue weighted by Gasteiger charge is 2.46. The highest BCUT2D eigenvalue weighted by Crippen LogP contribution is 2.31. The van der Waals surface area contributed by atoms with Gasteiger partial charge in [0.05, 0.1) is 23.4 Å². The van der Waals surface area contributed by atoms with Crippen molar-refractivity contribution in [1.29, 1.82) is 0 Å². The van der Waals surface area contributed by atoms with Crippen molar-refractivity contribution in [3.8, 4) is 22.4 Å². The molecule has 0 unspecified atom stereocenters. The molecule has 0 saturated heterocycles. The summed E-state index contributed by atoms with van der Waals surface area (Å²) >= 11 is 12.6. The summed E-state index contributed by atoms with van der Waals surface area (Å²) < 4.78 is 69.7. The second-order valence-corrected chi connectivity index (χ2v) is 12.5. The smallest absolute Gasteiger partial charge is 0.465 e. The van der Waals surface area contributed by atoms with Crippen LogP contribution in [0.15, 0.2) is 97.2 Å². The summed E-state index contributed by atoms with van der Waals surface area (Å²) in [6.07, 6.45) is 5.55. The van der Waals surface area contributed by atoms with Gasteiger partial charge in [-0.25, -0.2) is 9.78 Å². The van der Waals surface area contributed by atoms with Crippen LogP contribution >= 0.6 is 23.2 Å². The summed E-state index contributed by atoms with van der Waals surface area (Å²) in [4.78, 5) is 16.6. The van der Waals surface area contributed by atoms with Crippen molar-refractivity contribution in [3.05, 3.63) is 130 Å². The molecular formula is C33H24Cl2F3N3O4S. The lowest BCUT2D eigenvalue weighted by molar-refractivity contribution is -0.0429. The molecule has 0 fully saturated rings. The van der Waals surface area contributed by atoms with Gasteiger partial charge in [-0.15, -0.1) is 0 Å². The molecule has 0 amide bonds. The zero-order valence-corrected chi connectivity index (χ0v) is 26.3. The number of hydrogen-bond acceptors (Lipinski definition) is 5. The molecule has 0 spiro atoms. The van der Waals surface area contributed by atoms with Crippen LogP contribution in [0, 0.1) is 0 Å². The first-order chi connectivity index (χ1) is 21.8. The van der Waals surface area contributed by atoms with Crippen molar-refractivity contribution < 1.29 is 31.1 Å². The predicted molar refractivity (Wildman–Crippen MR) is 174 cm³/mol. The number of carbonyl (C=O) groups excluding carboxylic acids is 1. The van der Waals surface area contributed by atoms with Crippen LogP contribution in [0.1, 0.15) is 27.3 Å². The predicted octanol–water partition coefficient (Wildman–Crippen LogP) is 8.79. The van der Waals surface area contributed by atoms with E-state index in [0.717, 1.165) is 11.1 Å². The lowest BCUT2D eigenvalue weighted by atomic mass is 10.0. The van der Waals surface area contributed by atoms with E-state index in [1.54, 1.807) is 53.3 Å². The number of aromatic nitrogens is 2. The van der Waals surface area contributed by atoms with Crippen LogP contribution in [0.5, 0.6) is 0 Å². The first-order valence-electron chi connectivity index (χ1n) is 13.5. The number of nitrogens with one attached hydrogen (secondary N) is 1. The Bertz CT molecular complexity index is 2030. The summed E-state index contributed by atoms with van der Waals surface area (Å²) in [6, 6.07) is 25.0. The van der Waals surface area contributed by atoms with Crippen LogP contribution in [0.3, 0.4) is 0 Å². The third kappa shape index (κ3) is 7.61. The van der Waals surface area contributed by atoms with Gasteiger partial charge in [0.15, 0.2) is 0 Å². The number of nitrogens with zero attached hydrogens (tertiary/aromatic N) is 2. The third-order valence-corrected chi connectivity index (χ3v) is 8.49. The molecule has 0 aliphatic carbocycles. The number of sulfonamides is 1. The first kappa shape index (κ1) is 32.8. The molecule has 4 aromatic carbocycles. The Morgan fingerprint density at radius 3 is 2.30 bits per heavy atom. The summed E-state index contributed by atoms with van der Waals surface area (Å²) in [7, 11) is -4.22. The van der Waals surface area contributed by atoms with E-state index in [2.05, 4.69) is 0 Å². The summed E-state index contributed by atoms with van der Waals surface area (Å²) in [5, 5.41) is 0.942. The van der Waals surface area contributed by atoms with Crippen LogP contribution in [0.4, 0.5) is 18.9 Å². The van der Waals surface area contributed by atoms with Gasteiger partial charge in [0.1, 0.15) is 5.82 Å². The quantitative estimate of drug-likeness (QED) is 0.157. The van der Waals surface area contributed by atoms with E-state index in [9.17, 15) is 26.4 Å². The molecule has 7 nitrogen and oxygen atoms in total. The van der Waals surface area contributed by atoms with Gasteiger partial charge in [0.25, 0.3) is 0 Å². The summed E-state index contributed by atoms with van der Waals surface area (Å²) in [6.45, 7) is 0.437. The highest BCUT2D eigenvalue weighted by molar-refractivity contribution is 7.93. The number of anilines is 1. The fraction of sp³-hybridized carbons (Fsp3) is 0.0909. The van der Waals surface area contributed by atoms with Crippen molar-refractivity contribution >= 4 is 57.0 Å². The Kier molecular flexibility index (Phi) is 9.57. The average Bonchev–Trinajstić information content (AvgIpc) is 3.41. The molecular weight excluding hydrogens is 662 g/mol. The molecule has 236 valence electrons. The number of ether oxygens (including phenoxy) is 1. The zero-order valence-electron chi connectivity index (χ0n) is 23.9. The van der Waals surface area contributed by atoms with E-state index in [1.807, 2.05) is 47.2 Å². The molecule has 1 aromatic heterocycles. The van der Waals surface area contributed by atoms with Crippen molar-refractivity contribution in [2.75, 3.05) is 11.8 Å². The second kappa shape index (κ2) is 13.4. The largest absolute Gasteiger partial charge is 0.516 e. The zero-order chi connectivity index (χ0) is 33.1. The van der Waals surface area contributed by atoms with Crippen molar-refractivity contribution in [1.82, 2.24) is 9.55 Å². The molecule has 0 saturated carbocycles. The Morgan fingerprint density at radius 1 is 0.935 bits per heavy atom. The lowest BCUT2D eigenvalue weighted by Gasteiger charge is -2.11. The number of esters is 1. The number of rotatable bonds is 9. The topological polar surface area (TPSA) is 90.3 Å². The van der Waals surface area contributed by atoms with Gasteiger partial charge in [-0.2, -0.15) is 21.6 Å². The molecule has 0 aliphatic heterocycles. The Hall–Kier alpha value is -4.58. The number of benzene rings is 4. The van der Waals surface area contributed by atoms with Gasteiger partial charge < -0.3 is 9.30 Å². The number of hydrogen-bond donors (Lipinski definition) is 1. The fourth-order valence-corrected chi connectivity index (χ4v) is 5.57. The van der Waals surface area contributed by atoms with Gasteiger partial charge in [-0.3, -0.25) is 4.72 Å². The average molecular weight is 687 g/mol. The van der Waals surface area contributed by atoms with E-state index < -0.39 is 21.5 Å². The molecule has 5 rings (SSSR count). The maximum absolute atomic E-state index is 12.8. The Balaban J connectivity index is 1.41. The number of alkyl halides is 3. The number of imidazole rings is 1. The molecule has 13 heteroatoms. The molecule has 0 bridgehead atoms. The van der Waals surface area contributed by atoms with Crippen LogP contribution in [-0.4, -0.2) is 36.6 Å². The Morgan fingerprint density at radius 2 is 1.65 bits per heavy atom. The van der Waals surface area contributed by atoms with Gasteiger partial charge in [0, 0.05) is 29.0 Å². The minimum Gasteiger partial charge on any atom is -0.465 e. The second-order valence-electron chi connectivity index (χ2n) is 10.0. The fourth-order valence-electron chi connectivity index (χ4n) is 4.51. The van der Waals surface area contributed by atoms with E-state index in [0.29, 0.717) is 50.4 Å². The minimum atomic E-state index is -5.54. The van der Waals surface area contributed by atoms with E-state index >= 15 is 0 Å². The standard InChI is InChI=1S/C33H24Cl2F3N3O4S/c1-45-32(42)24-12-7-22(8-13-24)19-41-20-30(28-15-14-26(34)18-29(28)35)39-31(41)16-9-21-5-10-23(11-6-21)25-3-2-4-27(17-25)40-46(43,44)33(36,37)38/h2-18,20,40H,19H2,1H3. The third-order valence-electron chi connectivity index (χ3n) is 6.83. The molecule has 0 aliphatic rings. The molecule has 1 N–H and O–H groups in total. The monoisotopic (exact) mass is 685 g/mol. The van der Waals surface area contributed by atoms with Crippen molar-refractivity contribution in [2.24, 2.45) is 0 Å². The summed E-state index contributed by atoms with van der Waals surface area (Å²) in [5.41, 5.74) is -0.960. The maximum atomic E-state index is 12.8. The van der Waals surface area contributed by atoms with Crippen LogP contribution in [0.2, 0.25) is 10.0 Å². The van der Waals surface area contributed by atoms with Gasteiger partial charge >= 0.3 is 21.5 Å². The maximum Gasteiger partial charge on any atom is 0.516 e. The number of carbonyl (C=O) groups is 1. The first-order valence-corrected chi connectivity index (χ1v) is 15.7. The van der Waals surface area contributed by atoms with E-state index in [1.165, 1.54) is 25.3 Å².